The highest BCUT2D eigenvalue weighted by Crippen LogP contribution is 2.14. The lowest BCUT2D eigenvalue weighted by atomic mass is 9.96. The van der Waals surface area contributed by atoms with Crippen molar-refractivity contribution < 1.29 is 19.4 Å². The van der Waals surface area contributed by atoms with E-state index in [2.05, 4.69) is 10.3 Å². The van der Waals surface area contributed by atoms with Crippen LogP contribution in [0.1, 0.15) is 24.2 Å². The van der Waals surface area contributed by atoms with Crippen LogP contribution in [0.3, 0.4) is 0 Å². The van der Waals surface area contributed by atoms with Gasteiger partial charge in [0, 0.05) is 12.7 Å². The molecule has 0 saturated heterocycles. The number of nitrogens with zero attached hydrogens (tertiary/aromatic N) is 1. The first-order valence-electron chi connectivity index (χ1n) is 5.97. The highest BCUT2D eigenvalue weighted by atomic mass is 16.5. The number of rotatable bonds is 6. The zero-order valence-corrected chi connectivity index (χ0v) is 11.2. The molecular weight excluding hydrogens is 248 g/mol. The van der Waals surface area contributed by atoms with Gasteiger partial charge in [-0.3, -0.25) is 9.59 Å². The lowest BCUT2D eigenvalue weighted by molar-refractivity contribution is -0.142. The van der Waals surface area contributed by atoms with Gasteiger partial charge in [-0.05, 0) is 18.1 Å². The van der Waals surface area contributed by atoms with Gasteiger partial charge in [0.25, 0.3) is 5.91 Å². The summed E-state index contributed by atoms with van der Waals surface area (Å²) in [5.74, 6) is -1.78. The van der Waals surface area contributed by atoms with E-state index in [1.807, 2.05) is 0 Å². The van der Waals surface area contributed by atoms with Gasteiger partial charge in [-0.2, -0.15) is 0 Å². The van der Waals surface area contributed by atoms with Crippen LogP contribution in [0, 0.1) is 11.8 Å². The predicted molar refractivity (Wildman–Crippen MR) is 69.1 cm³/mol. The first kappa shape index (κ1) is 14.9. The standard InChI is InChI=1S/C13H18N2O4/c1-8(2)10(13(17)18)7-15-11(16)9-5-4-6-14-12(9)19-3/h4-6,8,10H,7H2,1-3H3,(H,15,16)(H,17,18). The summed E-state index contributed by atoms with van der Waals surface area (Å²) in [7, 11) is 1.42. The molecule has 2 N–H and O–H groups in total. The summed E-state index contributed by atoms with van der Waals surface area (Å²) in [4.78, 5) is 26.9. The van der Waals surface area contributed by atoms with Crippen LogP contribution in [0.2, 0.25) is 0 Å². The summed E-state index contributed by atoms with van der Waals surface area (Å²) < 4.78 is 4.98. The van der Waals surface area contributed by atoms with E-state index in [9.17, 15) is 9.59 Å². The van der Waals surface area contributed by atoms with Gasteiger partial charge in [-0.25, -0.2) is 4.98 Å². The highest BCUT2D eigenvalue weighted by Gasteiger charge is 2.23. The van der Waals surface area contributed by atoms with Crippen molar-refractivity contribution in [3.05, 3.63) is 23.9 Å². The molecular formula is C13H18N2O4. The van der Waals surface area contributed by atoms with Crippen molar-refractivity contribution in [1.82, 2.24) is 10.3 Å². The third-order valence-corrected chi connectivity index (χ3v) is 2.81. The molecule has 0 radical (unpaired) electrons. The fraction of sp³-hybridized carbons (Fsp3) is 0.462. The highest BCUT2D eigenvalue weighted by molar-refractivity contribution is 5.96. The van der Waals surface area contributed by atoms with Gasteiger partial charge in [-0.1, -0.05) is 13.8 Å². The number of nitrogens with one attached hydrogen (secondary N) is 1. The molecule has 1 heterocycles. The molecule has 6 heteroatoms. The maximum Gasteiger partial charge on any atom is 0.308 e. The Hall–Kier alpha value is -2.11. The molecule has 6 nitrogen and oxygen atoms in total. The predicted octanol–water partition coefficient (Wildman–Crippen LogP) is 1.18. The number of carbonyl (C=O) groups is 2. The van der Waals surface area contributed by atoms with Crippen molar-refractivity contribution in [2.24, 2.45) is 11.8 Å². The van der Waals surface area contributed by atoms with E-state index in [1.165, 1.54) is 13.3 Å². The fourth-order valence-electron chi connectivity index (χ4n) is 1.63. The van der Waals surface area contributed by atoms with Gasteiger partial charge in [0.2, 0.25) is 5.88 Å². The third-order valence-electron chi connectivity index (χ3n) is 2.81. The molecule has 1 atom stereocenters. The Bertz CT molecular complexity index is 460. The van der Waals surface area contributed by atoms with Gasteiger partial charge in [0.1, 0.15) is 5.56 Å². The van der Waals surface area contributed by atoms with Crippen LogP contribution in [0.5, 0.6) is 5.88 Å². The summed E-state index contributed by atoms with van der Waals surface area (Å²) in [6.45, 7) is 3.68. The maximum absolute atomic E-state index is 11.9. The number of carboxylic acid groups (broad SMARTS) is 1. The molecule has 1 aromatic rings. The number of aliphatic carboxylic acids is 1. The summed E-state index contributed by atoms with van der Waals surface area (Å²) >= 11 is 0. The number of carbonyl (C=O) groups excluding carboxylic acids is 1. The van der Waals surface area contributed by atoms with E-state index in [1.54, 1.807) is 26.0 Å². The van der Waals surface area contributed by atoms with Crippen molar-refractivity contribution in [2.45, 2.75) is 13.8 Å². The van der Waals surface area contributed by atoms with Gasteiger partial charge >= 0.3 is 5.97 Å². The molecule has 104 valence electrons. The van der Waals surface area contributed by atoms with Crippen LogP contribution in [0.15, 0.2) is 18.3 Å². The van der Waals surface area contributed by atoms with Crippen LogP contribution in [-0.4, -0.2) is 35.6 Å². The molecule has 0 fully saturated rings. The normalized spacial score (nSPS) is 12.0. The van der Waals surface area contributed by atoms with Crippen molar-refractivity contribution in [1.29, 1.82) is 0 Å². The fourth-order valence-corrected chi connectivity index (χ4v) is 1.63. The largest absolute Gasteiger partial charge is 0.481 e. The molecule has 1 unspecified atom stereocenters. The Kier molecular flexibility index (Phi) is 5.29. The molecule has 1 aromatic heterocycles. The molecule has 0 aliphatic carbocycles. The minimum Gasteiger partial charge on any atom is -0.481 e. The second-order valence-corrected chi connectivity index (χ2v) is 4.46. The average molecular weight is 266 g/mol. The number of aromatic nitrogens is 1. The van der Waals surface area contributed by atoms with Gasteiger partial charge in [0.15, 0.2) is 0 Å². The molecule has 0 aliphatic heterocycles. The number of pyridine rings is 1. The van der Waals surface area contributed by atoms with Gasteiger partial charge < -0.3 is 15.2 Å². The van der Waals surface area contributed by atoms with E-state index in [-0.39, 0.29) is 23.9 Å². The van der Waals surface area contributed by atoms with Gasteiger partial charge in [0.05, 0.1) is 13.0 Å². The molecule has 0 bridgehead atoms. The minimum atomic E-state index is -0.923. The van der Waals surface area contributed by atoms with Crippen LogP contribution >= 0.6 is 0 Å². The number of hydrogen-bond acceptors (Lipinski definition) is 4. The first-order valence-corrected chi connectivity index (χ1v) is 5.97. The molecule has 19 heavy (non-hydrogen) atoms. The quantitative estimate of drug-likeness (QED) is 0.807. The van der Waals surface area contributed by atoms with Crippen molar-refractivity contribution in [3.8, 4) is 5.88 Å². The second kappa shape index (κ2) is 6.72. The summed E-state index contributed by atoms with van der Waals surface area (Å²) in [5, 5.41) is 11.6. The molecule has 0 spiro atoms. The Balaban J connectivity index is 2.72. The van der Waals surface area contributed by atoms with Crippen LogP contribution in [-0.2, 0) is 4.79 Å². The van der Waals surface area contributed by atoms with Gasteiger partial charge in [-0.15, -0.1) is 0 Å². The topological polar surface area (TPSA) is 88.5 Å². The number of ether oxygens (including phenoxy) is 1. The number of methoxy groups -OCH3 is 1. The first-order chi connectivity index (χ1) is 8.97. The summed E-state index contributed by atoms with van der Waals surface area (Å²) in [6, 6.07) is 3.20. The number of carboxylic acids is 1. The average Bonchev–Trinajstić information content (AvgIpc) is 2.37. The molecule has 0 saturated carbocycles. The number of amides is 1. The minimum absolute atomic E-state index is 0.0615. The Morgan fingerprint density at radius 3 is 2.68 bits per heavy atom. The molecule has 1 rings (SSSR count). The monoisotopic (exact) mass is 266 g/mol. The van der Waals surface area contributed by atoms with E-state index >= 15 is 0 Å². The van der Waals surface area contributed by atoms with E-state index in [0.717, 1.165) is 0 Å². The molecule has 0 aliphatic rings. The lowest BCUT2D eigenvalue weighted by Gasteiger charge is -2.17. The van der Waals surface area contributed by atoms with Crippen molar-refractivity contribution in [2.75, 3.05) is 13.7 Å². The summed E-state index contributed by atoms with van der Waals surface area (Å²) in [5.41, 5.74) is 0.290. The Morgan fingerprint density at radius 1 is 1.47 bits per heavy atom. The number of hydrogen-bond donors (Lipinski definition) is 2. The zero-order valence-electron chi connectivity index (χ0n) is 11.2. The Labute approximate surface area is 111 Å². The molecule has 1 amide bonds. The van der Waals surface area contributed by atoms with E-state index in [4.69, 9.17) is 9.84 Å². The lowest BCUT2D eigenvalue weighted by Crippen LogP contribution is -2.35. The van der Waals surface area contributed by atoms with Crippen molar-refractivity contribution in [3.63, 3.8) is 0 Å². The molecule has 0 aromatic carbocycles. The smallest absolute Gasteiger partial charge is 0.308 e. The SMILES string of the molecule is COc1ncccc1C(=O)NCC(C(=O)O)C(C)C. The van der Waals surface area contributed by atoms with Crippen molar-refractivity contribution >= 4 is 11.9 Å². The summed E-state index contributed by atoms with van der Waals surface area (Å²) in [6.07, 6.45) is 1.52. The van der Waals surface area contributed by atoms with Crippen LogP contribution in [0.25, 0.3) is 0 Å². The maximum atomic E-state index is 11.9. The van der Waals surface area contributed by atoms with Crippen LogP contribution < -0.4 is 10.1 Å². The Morgan fingerprint density at radius 2 is 2.16 bits per heavy atom. The second-order valence-electron chi connectivity index (χ2n) is 4.46. The third kappa shape index (κ3) is 3.94. The van der Waals surface area contributed by atoms with E-state index in [0.29, 0.717) is 0 Å². The van der Waals surface area contributed by atoms with E-state index < -0.39 is 17.8 Å². The zero-order chi connectivity index (χ0) is 14.4. The van der Waals surface area contributed by atoms with Crippen LogP contribution in [0.4, 0.5) is 0 Å².